The third-order valence-corrected chi connectivity index (χ3v) is 3.21. The lowest BCUT2D eigenvalue weighted by atomic mass is 10.2. The summed E-state index contributed by atoms with van der Waals surface area (Å²) >= 11 is 0. The van der Waals surface area contributed by atoms with Crippen molar-refractivity contribution in [1.29, 1.82) is 0 Å². The van der Waals surface area contributed by atoms with Gasteiger partial charge in [-0.15, -0.1) is 0 Å². The molecule has 0 radical (unpaired) electrons. The van der Waals surface area contributed by atoms with Gasteiger partial charge in [-0.05, 0) is 19.4 Å². The molecule has 0 amide bonds. The van der Waals surface area contributed by atoms with E-state index >= 15 is 0 Å². The molecule has 1 aliphatic rings. The first-order valence-corrected chi connectivity index (χ1v) is 5.73. The standard InChI is InChI=1S/C11H20N4O/c1-9-10(2)14(3)13-11(9)8-12-15-4-6-16-7-5-15/h12H,4-8H2,1-3H3. The van der Waals surface area contributed by atoms with Crippen molar-refractivity contribution < 1.29 is 4.74 Å². The number of aryl methyl sites for hydroxylation is 1. The smallest absolute Gasteiger partial charge is 0.0808 e. The second-order valence-corrected chi connectivity index (χ2v) is 4.22. The lowest BCUT2D eigenvalue weighted by Gasteiger charge is -2.26. The zero-order valence-corrected chi connectivity index (χ0v) is 10.3. The molecule has 5 heteroatoms. The number of aromatic nitrogens is 2. The molecule has 0 saturated carbocycles. The van der Waals surface area contributed by atoms with Gasteiger partial charge in [0.15, 0.2) is 0 Å². The van der Waals surface area contributed by atoms with E-state index in [0.717, 1.165) is 38.5 Å². The van der Waals surface area contributed by atoms with Crippen LogP contribution < -0.4 is 5.43 Å². The van der Waals surface area contributed by atoms with Crippen LogP contribution in [-0.4, -0.2) is 41.1 Å². The summed E-state index contributed by atoms with van der Waals surface area (Å²) in [5, 5.41) is 6.69. The summed E-state index contributed by atoms with van der Waals surface area (Å²) in [6.07, 6.45) is 0. The minimum atomic E-state index is 0.799. The number of morpholine rings is 1. The van der Waals surface area contributed by atoms with Gasteiger partial charge in [0.05, 0.1) is 25.5 Å². The average Bonchev–Trinajstić information content (AvgIpc) is 2.56. The van der Waals surface area contributed by atoms with Gasteiger partial charge in [-0.2, -0.15) is 5.10 Å². The molecule has 2 heterocycles. The summed E-state index contributed by atoms with van der Waals surface area (Å²) in [5.74, 6) is 0. The van der Waals surface area contributed by atoms with Crippen LogP contribution in [0.4, 0.5) is 0 Å². The Morgan fingerprint density at radius 3 is 2.56 bits per heavy atom. The van der Waals surface area contributed by atoms with Crippen molar-refractivity contribution >= 4 is 0 Å². The van der Waals surface area contributed by atoms with Crippen molar-refractivity contribution in [3.63, 3.8) is 0 Å². The van der Waals surface area contributed by atoms with Crippen LogP contribution in [0.15, 0.2) is 0 Å². The Balaban J connectivity index is 1.91. The molecule has 1 saturated heterocycles. The summed E-state index contributed by atoms with van der Waals surface area (Å²) in [6, 6.07) is 0. The van der Waals surface area contributed by atoms with Gasteiger partial charge in [0.25, 0.3) is 0 Å². The number of rotatable bonds is 3. The third-order valence-electron chi connectivity index (χ3n) is 3.21. The second-order valence-electron chi connectivity index (χ2n) is 4.22. The van der Waals surface area contributed by atoms with E-state index in [4.69, 9.17) is 4.74 Å². The van der Waals surface area contributed by atoms with E-state index in [2.05, 4.69) is 29.4 Å². The minimum Gasteiger partial charge on any atom is -0.379 e. The molecule has 16 heavy (non-hydrogen) atoms. The predicted octanol–water partition coefficient (Wildman–Crippen LogP) is 0.374. The molecule has 0 spiro atoms. The van der Waals surface area contributed by atoms with Gasteiger partial charge >= 0.3 is 0 Å². The molecule has 90 valence electrons. The first-order chi connectivity index (χ1) is 7.68. The van der Waals surface area contributed by atoms with E-state index in [1.54, 1.807) is 0 Å². The van der Waals surface area contributed by atoms with Crippen molar-refractivity contribution in [2.75, 3.05) is 26.3 Å². The molecule has 1 aromatic rings. The molecule has 0 unspecified atom stereocenters. The summed E-state index contributed by atoms with van der Waals surface area (Å²) in [5.41, 5.74) is 7.04. The number of nitrogens with zero attached hydrogens (tertiary/aromatic N) is 3. The summed E-state index contributed by atoms with van der Waals surface area (Å²) < 4.78 is 7.23. The molecule has 0 atom stereocenters. The summed E-state index contributed by atoms with van der Waals surface area (Å²) in [4.78, 5) is 0. The fourth-order valence-corrected chi connectivity index (χ4v) is 1.86. The normalized spacial score (nSPS) is 17.9. The zero-order valence-electron chi connectivity index (χ0n) is 10.3. The van der Waals surface area contributed by atoms with Crippen LogP contribution in [0.3, 0.4) is 0 Å². The molecule has 0 aromatic carbocycles. The van der Waals surface area contributed by atoms with Gasteiger partial charge in [0.2, 0.25) is 0 Å². The van der Waals surface area contributed by atoms with E-state index in [0.29, 0.717) is 0 Å². The monoisotopic (exact) mass is 224 g/mol. The van der Waals surface area contributed by atoms with Crippen molar-refractivity contribution in [3.05, 3.63) is 17.0 Å². The van der Waals surface area contributed by atoms with Crippen LogP contribution in [-0.2, 0) is 18.3 Å². The first kappa shape index (κ1) is 11.6. The molecule has 2 rings (SSSR count). The Kier molecular flexibility index (Phi) is 3.58. The van der Waals surface area contributed by atoms with Crippen molar-refractivity contribution in [2.45, 2.75) is 20.4 Å². The summed E-state index contributed by atoms with van der Waals surface area (Å²) in [7, 11) is 1.99. The highest BCUT2D eigenvalue weighted by Crippen LogP contribution is 2.10. The largest absolute Gasteiger partial charge is 0.379 e. The van der Waals surface area contributed by atoms with Gasteiger partial charge < -0.3 is 4.74 Å². The van der Waals surface area contributed by atoms with Gasteiger partial charge in [-0.25, -0.2) is 10.4 Å². The quantitative estimate of drug-likeness (QED) is 0.805. The van der Waals surface area contributed by atoms with E-state index in [-0.39, 0.29) is 0 Å². The lowest BCUT2D eigenvalue weighted by molar-refractivity contribution is 0.0103. The van der Waals surface area contributed by atoms with Crippen LogP contribution in [0.25, 0.3) is 0 Å². The molecule has 0 aliphatic carbocycles. The second kappa shape index (κ2) is 4.95. The maximum absolute atomic E-state index is 5.30. The molecule has 0 bridgehead atoms. The van der Waals surface area contributed by atoms with Crippen molar-refractivity contribution in [1.82, 2.24) is 20.2 Å². The van der Waals surface area contributed by atoms with Gasteiger partial charge in [0, 0.05) is 25.8 Å². The van der Waals surface area contributed by atoms with Gasteiger partial charge in [-0.3, -0.25) is 4.68 Å². The molecule has 1 aliphatic heterocycles. The number of nitrogens with one attached hydrogen (secondary N) is 1. The maximum atomic E-state index is 5.30. The molecule has 1 N–H and O–H groups in total. The molecule has 1 aromatic heterocycles. The fraction of sp³-hybridized carbons (Fsp3) is 0.727. The Labute approximate surface area is 96.3 Å². The Morgan fingerprint density at radius 1 is 1.31 bits per heavy atom. The van der Waals surface area contributed by atoms with Crippen molar-refractivity contribution in [3.8, 4) is 0 Å². The Hall–Kier alpha value is -0.910. The Morgan fingerprint density at radius 2 is 2.00 bits per heavy atom. The minimum absolute atomic E-state index is 0.799. The van der Waals surface area contributed by atoms with E-state index in [1.807, 2.05) is 11.7 Å². The molecular weight excluding hydrogens is 204 g/mol. The van der Waals surface area contributed by atoms with Gasteiger partial charge in [0.1, 0.15) is 0 Å². The van der Waals surface area contributed by atoms with E-state index < -0.39 is 0 Å². The highest BCUT2D eigenvalue weighted by Gasteiger charge is 2.12. The van der Waals surface area contributed by atoms with Crippen LogP contribution in [0.5, 0.6) is 0 Å². The predicted molar refractivity (Wildman–Crippen MR) is 61.9 cm³/mol. The highest BCUT2D eigenvalue weighted by atomic mass is 16.5. The lowest BCUT2D eigenvalue weighted by Crippen LogP contribution is -2.45. The summed E-state index contributed by atoms with van der Waals surface area (Å²) in [6.45, 7) is 8.54. The van der Waals surface area contributed by atoms with Crippen LogP contribution in [0, 0.1) is 13.8 Å². The van der Waals surface area contributed by atoms with E-state index in [9.17, 15) is 0 Å². The number of hydrogen-bond acceptors (Lipinski definition) is 4. The van der Waals surface area contributed by atoms with Crippen LogP contribution >= 0.6 is 0 Å². The highest BCUT2D eigenvalue weighted by molar-refractivity contribution is 5.23. The van der Waals surface area contributed by atoms with Crippen molar-refractivity contribution in [2.24, 2.45) is 7.05 Å². The molecule has 1 fully saturated rings. The fourth-order valence-electron chi connectivity index (χ4n) is 1.86. The SMILES string of the molecule is Cc1c(CNN2CCOCC2)nn(C)c1C. The Bertz CT molecular complexity index is 355. The molecule has 5 nitrogen and oxygen atoms in total. The number of ether oxygens (including phenoxy) is 1. The third kappa shape index (κ3) is 2.42. The average molecular weight is 224 g/mol. The number of hydrogen-bond donors (Lipinski definition) is 1. The van der Waals surface area contributed by atoms with E-state index in [1.165, 1.54) is 11.3 Å². The number of hydrazine groups is 1. The topological polar surface area (TPSA) is 42.3 Å². The van der Waals surface area contributed by atoms with Gasteiger partial charge in [-0.1, -0.05) is 0 Å². The van der Waals surface area contributed by atoms with Crippen LogP contribution in [0.2, 0.25) is 0 Å². The first-order valence-electron chi connectivity index (χ1n) is 5.73. The van der Waals surface area contributed by atoms with Crippen LogP contribution in [0.1, 0.15) is 17.0 Å². The molecular formula is C11H20N4O. The zero-order chi connectivity index (χ0) is 11.5. The maximum Gasteiger partial charge on any atom is 0.0808 e.